The number of esters is 1. The van der Waals surface area contributed by atoms with E-state index in [1.807, 2.05) is 0 Å². The van der Waals surface area contributed by atoms with Crippen LogP contribution in [-0.4, -0.2) is 17.8 Å². The van der Waals surface area contributed by atoms with Gasteiger partial charge in [-0.05, 0) is 25.1 Å². The number of rotatable bonds is 1. The summed E-state index contributed by atoms with van der Waals surface area (Å²) in [5.74, 6) is -1.06. The summed E-state index contributed by atoms with van der Waals surface area (Å²) in [7, 11) is 0. The van der Waals surface area contributed by atoms with E-state index >= 15 is 0 Å². The number of fused-ring (bicyclic) bond motifs is 1. The lowest BCUT2D eigenvalue weighted by molar-refractivity contribution is -0.120. The number of carbonyl (C=O) groups is 3. The minimum atomic E-state index is -0.370. The van der Waals surface area contributed by atoms with Crippen molar-refractivity contribution < 1.29 is 19.1 Å². The summed E-state index contributed by atoms with van der Waals surface area (Å²) in [6, 6.07) is 4.80. The first-order valence-electron chi connectivity index (χ1n) is 5.44. The topological polar surface area (TPSA) is 63.7 Å². The highest BCUT2D eigenvalue weighted by Gasteiger charge is 2.31. The van der Waals surface area contributed by atoms with Gasteiger partial charge < -0.3 is 4.74 Å². The first-order chi connectivity index (χ1) is 8.58. The molecule has 2 aliphatic heterocycles. The standard InChI is InChI=1S/C13H9NO4/c1-7-4-11(15)14(12(7)16)9-2-3-10-8(5-9)6-18-13(10)17/h2-5H,6H2,1H3. The Bertz CT molecular complexity index is 630. The molecule has 0 bridgehead atoms. The normalized spacial score (nSPS) is 17.9. The number of benzene rings is 1. The van der Waals surface area contributed by atoms with Crippen LogP contribution in [-0.2, 0) is 20.9 Å². The minimum absolute atomic E-state index is 0.185. The predicted octanol–water partition coefficient (Wildman–Crippen LogP) is 1.18. The molecule has 2 amide bonds. The van der Waals surface area contributed by atoms with Crippen LogP contribution in [0.2, 0.25) is 0 Å². The lowest BCUT2D eigenvalue weighted by Gasteiger charge is -2.14. The molecule has 3 rings (SSSR count). The van der Waals surface area contributed by atoms with Gasteiger partial charge in [0.25, 0.3) is 11.8 Å². The van der Waals surface area contributed by atoms with Crippen molar-refractivity contribution in [2.24, 2.45) is 0 Å². The number of anilines is 1. The van der Waals surface area contributed by atoms with Crippen LogP contribution < -0.4 is 4.90 Å². The second kappa shape index (κ2) is 3.53. The molecule has 0 radical (unpaired) electrons. The van der Waals surface area contributed by atoms with Gasteiger partial charge in [0.15, 0.2) is 0 Å². The Morgan fingerprint density at radius 2 is 2.00 bits per heavy atom. The van der Waals surface area contributed by atoms with Gasteiger partial charge in [-0.3, -0.25) is 9.59 Å². The molecule has 0 aromatic heterocycles. The summed E-state index contributed by atoms with van der Waals surface area (Å²) < 4.78 is 4.88. The molecule has 0 atom stereocenters. The molecule has 1 aromatic rings. The van der Waals surface area contributed by atoms with Gasteiger partial charge in [0.05, 0.1) is 11.3 Å². The molecule has 0 aliphatic carbocycles. The number of nitrogens with zero attached hydrogens (tertiary/aromatic N) is 1. The summed E-state index contributed by atoms with van der Waals surface area (Å²) >= 11 is 0. The number of cyclic esters (lactones) is 1. The van der Waals surface area contributed by atoms with E-state index in [4.69, 9.17) is 4.74 Å². The highest BCUT2D eigenvalue weighted by Crippen LogP contribution is 2.28. The van der Waals surface area contributed by atoms with Crippen LogP contribution in [0.1, 0.15) is 22.8 Å². The molecule has 5 heteroatoms. The monoisotopic (exact) mass is 243 g/mol. The maximum absolute atomic E-state index is 11.8. The van der Waals surface area contributed by atoms with Crippen LogP contribution in [0, 0.1) is 0 Å². The molecule has 18 heavy (non-hydrogen) atoms. The van der Waals surface area contributed by atoms with Crippen LogP contribution in [0.15, 0.2) is 29.8 Å². The van der Waals surface area contributed by atoms with Gasteiger partial charge in [0.2, 0.25) is 0 Å². The fourth-order valence-corrected chi connectivity index (χ4v) is 2.09. The molecule has 1 aromatic carbocycles. The van der Waals surface area contributed by atoms with Crippen LogP contribution in [0.25, 0.3) is 0 Å². The molecule has 2 aliphatic rings. The molecule has 0 saturated heterocycles. The molecule has 0 saturated carbocycles. The zero-order valence-electron chi connectivity index (χ0n) is 9.60. The Morgan fingerprint density at radius 3 is 2.67 bits per heavy atom. The summed E-state index contributed by atoms with van der Waals surface area (Å²) in [6.45, 7) is 1.78. The van der Waals surface area contributed by atoms with Gasteiger partial charge in [-0.2, -0.15) is 0 Å². The van der Waals surface area contributed by atoms with E-state index in [2.05, 4.69) is 0 Å². The molecule has 0 N–H and O–H groups in total. The van der Waals surface area contributed by atoms with Crippen molar-refractivity contribution >= 4 is 23.5 Å². The van der Waals surface area contributed by atoms with Crippen LogP contribution in [0.3, 0.4) is 0 Å². The Morgan fingerprint density at radius 1 is 1.22 bits per heavy atom. The summed E-state index contributed by atoms with van der Waals surface area (Å²) in [6.07, 6.45) is 1.30. The second-order valence-corrected chi connectivity index (χ2v) is 4.22. The molecular weight excluding hydrogens is 234 g/mol. The Hall–Kier alpha value is -2.43. The molecule has 5 nitrogen and oxygen atoms in total. The number of hydrogen-bond donors (Lipinski definition) is 0. The van der Waals surface area contributed by atoms with E-state index in [1.54, 1.807) is 25.1 Å². The fraction of sp³-hybridized carbons (Fsp3) is 0.154. The third kappa shape index (κ3) is 1.37. The van der Waals surface area contributed by atoms with Crippen molar-refractivity contribution in [3.63, 3.8) is 0 Å². The number of carbonyl (C=O) groups excluding carboxylic acids is 3. The summed E-state index contributed by atoms with van der Waals surface area (Å²) in [5.41, 5.74) is 2.06. The molecule has 90 valence electrons. The van der Waals surface area contributed by atoms with E-state index in [0.717, 1.165) is 4.90 Å². The number of imide groups is 1. The van der Waals surface area contributed by atoms with Crippen molar-refractivity contribution in [2.75, 3.05) is 4.90 Å². The maximum Gasteiger partial charge on any atom is 0.338 e. The lowest BCUT2D eigenvalue weighted by Crippen LogP contribution is -2.30. The van der Waals surface area contributed by atoms with Gasteiger partial charge in [-0.15, -0.1) is 0 Å². The van der Waals surface area contributed by atoms with Gasteiger partial charge >= 0.3 is 5.97 Å². The molecule has 0 fully saturated rings. The predicted molar refractivity (Wildman–Crippen MR) is 61.8 cm³/mol. The highest BCUT2D eigenvalue weighted by atomic mass is 16.5. The van der Waals surface area contributed by atoms with Crippen molar-refractivity contribution in [1.29, 1.82) is 0 Å². The van der Waals surface area contributed by atoms with E-state index in [9.17, 15) is 14.4 Å². The van der Waals surface area contributed by atoms with Gasteiger partial charge in [0, 0.05) is 17.2 Å². The Balaban J connectivity index is 2.03. The van der Waals surface area contributed by atoms with Crippen LogP contribution in [0.5, 0.6) is 0 Å². The molecule has 0 spiro atoms. The zero-order valence-corrected chi connectivity index (χ0v) is 9.60. The average Bonchev–Trinajstić information content (AvgIpc) is 2.81. The lowest BCUT2D eigenvalue weighted by atomic mass is 10.1. The third-order valence-corrected chi connectivity index (χ3v) is 3.03. The maximum atomic E-state index is 11.8. The van der Waals surface area contributed by atoms with E-state index in [-0.39, 0.29) is 24.4 Å². The molecule has 2 heterocycles. The molecular formula is C13H9NO4. The first-order valence-corrected chi connectivity index (χ1v) is 5.44. The smallest absolute Gasteiger partial charge is 0.338 e. The molecule has 0 unspecified atom stereocenters. The SMILES string of the molecule is CC1=CC(=O)N(c2ccc3c(c2)COC3=O)C1=O. The quantitative estimate of drug-likeness (QED) is 0.548. The van der Waals surface area contributed by atoms with Crippen molar-refractivity contribution in [1.82, 2.24) is 0 Å². The Kier molecular flexibility index (Phi) is 2.10. The minimum Gasteiger partial charge on any atom is -0.457 e. The van der Waals surface area contributed by atoms with Crippen molar-refractivity contribution in [3.05, 3.63) is 41.0 Å². The van der Waals surface area contributed by atoms with E-state index in [1.165, 1.54) is 6.08 Å². The van der Waals surface area contributed by atoms with Gasteiger partial charge in [-0.1, -0.05) is 0 Å². The summed E-state index contributed by atoms with van der Waals surface area (Å²) in [4.78, 5) is 35.9. The third-order valence-electron chi connectivity index (χ3n) is 3.03. The van der Waals surface area contributed by atoms with E-state index < -0.39 is 0 Å². The van der Waals surface area contributed by atoms with Gasteiger partial charge in [-0.25, -0.2) is 9.69 Å². The highest BCUT2D eigenvalue weighted by molar-refractivity contribution is 6.30. The number of hydrogen-bond acceptors (Lipinski definition) is 4. The van der Waals surface area contributed by atoms with Gasteiger partial charge in [0.1, 0.15) is 6.61 Å². The van der Waals surface area contributed by atoms with E-state index in [0.29, 0.717) is 22.4 Å². The second-order valence-electron chi connectivity index (χ2n) is 4.22. The first kappa shape index (κ1) is 10.7. The largest absolute Gasteiger partial charge is 0.457 e. The summed E-state index contributed by atoms with van der Waals surface area (Å²) in [5, 5.41) is 0. The average molecular weight is 243 g/mol. The fourth-order valence-electron chi connectivity index (χ4n) is 2.09. The Labute approximate surface area is 103 Å². The zero-order chi connectivity index (χ0) is 12.9. The van der Waals surface area contributed by atoms with Crippen LogP contribution in [0.4, 0.5) is 5.69 Å². The number of ether oxygens (including phenoxy) is 1. The number of amides is 2. The van der Waals surface area contributed by atoms with Crippen molar-refractivity contribution in [2.45, 2.75) is 13.5 Å². The van der Waals surface area contributed by atoms with Crippen molar-refractivity contribution in [3.8, 4) is 0 Å². The van der Waals surface area contributed by atoms with Crippen LogP contribution >= 0.6 is 0 Å².